The highest BCUT2D eigenvalue weighted by Gasteiger charge is 2.23. The topological polar surface area (TPSA) is 88.3 Å². The summed E-state index contributed by atoms with van der Waals surface area (Å²) in [5.74, 6) is 5.34. The van der Waals surface area contributed by atoms with Gasteiger partial charge in [-0.15, -0.1) is 11.3 Å². The Balaban J connectivity index is 2.16. The standard InChI is InChI=1S/C12H16N4O2S2/c1-16(7-5-10-3-2-8-19-10)20(17,18)12-9-14-6-4-11(12)15-13/h2-4,6,8-9H,5,7,13H2,1H3,(H,14,15). The molecule has 0 radical (unpaired) electrons. The van der Waals surface area contributed by atoms with Gasteiger partial charge in [0.2, 0.25) is 10.0 Å². The summed E-state index contributed by atoms with van der Waals surface area (Å²) in [6.07, 6.45) is 3.46. The van der Waals surface area contributed by atoms with Gasteiger partial charge in [-0.1, -0.05) is 6.07 Å². The normalized spacial score (nSPS) is 11.8. The molecule has 3 N–H and O–H groups in total. The smallest absolute Gasteiger partial charge is 0.246 e. The molecule has 0 saturated heterocycles. The molecule has 0 atom stereocenters. The van der Waals surface area contributed by atoms with Crippen molar-refractivity contribution in [3.63, 3.8) is 0 Å². The van der Waals surface area contributed by atoms with Crippen LogP contribution in [-0.2, 0) is 16.4 Å². The number of hydrazine groups is 1. The first-order valence-electron chi connectivity index (χ1n) is 5.95. The predicted octanol–water partition coefficient (Wildman–Crippen LogP) is 1.29. The van der Waals surface area contributed by atoms with Gasteiger partial charge in [0.15, 0.2) is 0 Å². The fraction of sp³-hybridized carbons (Fsp3) is 0.250. The number of sulfonamides is 1. The van der Waals surface area contributed by atoms with E-state index in [0.29, 0.717) is 18.7 Å². The van der Waals surface area contributed by atoms with Gasteiger partial charge in [0, 0.05) is 30.9 Å². The summed E-state index contributed by atoms with van der Waals surface area (Å²) in [6.45, 7) is 0.405. The van der Waals surface area contributed by atoms with Crippen molar-refractivity contribution < 1.29 is 8.42 Å². The fourth-order valence-corrected chi connectivity index (χ4v) is 3.68. The van der Waals surface area contributed by atoms with Gasteiger partial charge in [-0.25, -0.2) is 12.7 Å². The Morgan fingerprint density at radius 2 is 2.25 bits per heavy atom. The third kappa shape index (κ3) is 3.15. The van der Waals surface area contributed by atoms with Crippen LogP contribution in [0.1, 0.15) is 4.88 Å². The molecule has 2 aromatic rings. The molecule has 2 heterocycles. The summed E-state index contributed by atoms with van der Waals surface area (Å²) in [7, 11) is -2.05. The minimum Gasteiger partial charge on any atom is -0.323 e. The lowest BCUT2D eigenvalue weighted by molar-refractivity contribution is 0.473. The second kappa shape index (κ2) is 6.31. The molecule has 2 rings (SSSR count). The van der Waals surface area contributed by atoms with Crippen molar-refractivity contribution in [1.29, 1.82) is 0 Å². The average Bonchev–Trinajstić information content (AvgIpc) is 2.97. The minimum absolute atomic E-state index is 0.0798. The molecule has 0 amide bonds. The molecule has 8 heteroatoms. The molecule has 0 bridgehead atoms. The van der Waals surface area contributed by atoms with E-state index in [4.69, 9.17) is 5.84 Å². The molecule has 0 fully saturated rings. The van der Waals surface area contributed by atoms with E-state index < -0.39 is 10.0 Å². The van der Waals surface area contributed by atoms with Crippen molar-refractivity contribution >= 4 is 27.0 Å². The van der Waals surface area contributed by atoms with Crippen LogP contribution in [0.25, 0.3) is 0 Å². The van der Waals surface area contributed by atoms with E-state index in [0.717, 1.165) is 4.88 Å². The Hall–Kier alpha value is -1.48. The van der Waals surface area contributed by atoms with Crippen LogP contribution in [0.4, 0.5) is 5.69 Å². The number of nitrogens with one attached hydrogen (secondary N) is 1. The lowest BCUT2D eigenvalue weighted by Crippen LogP contribution is -2.30. The second-order valence-electron chi connectivity index (χ2n) is 4.17. The summed E-state index contributed by atoms with van der Waals surface area (Å²) in [4.78, 5) is 5.08. The summed E-state index contributed by atoms with van der Waals surface area (Å²) >= 11 is 1.61. The second-order valence-corrected chi connectivity index (χ2v) is 7.22. The number of hydrogen-bond donors (Lipinski definition) is 2. The summed E-state index contributed by atoms with van der Waals surface area (Å²) in [5, 5.41) is 1.97. The molecule has 0 spiro atoms. The van der Waals surface area contributed by atoms with Gasteiger partial charge in [0.1, 0.15) is 4.90 Å². The molecule has 0 unspecified atom stereocenters. The quantitative estimate of drug-likeness (QED) is 0.620. The number of anilines is 1. The number of nitrogens with zero attached hydrogens (tertiary/aromatic N) is 2. The van der Waals surface area contributed by atoms with E-state index in [9.17, 15) is 8.42 Å². The van der Waals surface area contributed by atoms with Crippen molar-refractivity contribution in [1.82, 2.24) is 9.29 Å². The Morgan fingerprint density at radius 1 is 1.45 bits per heavy atom. The number of likely N-dealkylation sites (N-methyl/N-ethyl adjacent to an activating group) is 1. The summed E-state index contributed by atoms with van der Waals surface area (Å²) in [6, 6.07) is 5.47. The van der Waals surface area contributed by atoms with Crippen LogP contribution in [-0.4, -0.2) is 31.3 Å². The molecule has 6 nitrogen and oxygen atoms in total. The Bertz CT molecular complexity index is 656. The molecule has 0 saturated carbocycles. The number of aromatic nitrogens is 1. The monoisotopic (exact) mass is 312 g/mol. The highest BCUT2D eigenvalue weighted by molar-refractivity contribution is 7.89. The molecule has 108 valence electrons. The van der Waals surface area contributed by atoms with Gasteiger partial charge in [0.05, 0.1) is 5.69 Å². The first kappa shape index (κ1) is 14.9. The van der Waals surface area contributed by atoms with Crippen LogP contribution in [0.15, 0.2) is 40.9 Å². The lowest BCUT2D eigenvalue weighted by atomic mass is 10.3. The number of thiophene rings is 1. The van der Waals surface area contributed by atoms with Crippen molar-refractivity contribution in [2.75, 3.05) is 19.0 Å². The van der Waals surface area contributed by atoms with Gasteiger partial charge in [-0.2, -0.15) is 0 Å². The van der Waals surface area contributed by atoms with Crippen LogP contribution in [0.3, 0.4) is 0 Å². The van der Waals surface area contributed by atoms with Crippen LogP contribution in [0, 0.1) is 0 Å². The molecule has 0 aromatic carbocycles. The van der Waals surface area contributed by atoms with Gasteiger partial charge in [-0.3, -0.25) is 10.8 Å². The van der Waals surface area contributed by atoms with Crippen LogP contribution >= 0.6 is 11.3 Å². The highest BCUT2D eigenvalue weighted by Crippen LogP contribution is 2.22. The molecule has 0 aliphatic rings. The third-order valence-corrected chi connectivity index (χ3v) is 5.70. The van der Waals surface area contributed by atoms with Gasteiger partial charge >= 0.3 is 0 Å². The number of hydrogen-bond acceptors (Lipinski definition) is 6. The van der Waals surface area contributed by atoms with E-state index in [-0.39, 0.29) is 4.90 Å². The fourth-order valence-electron chi connectivity index (χ4n) is 1.72. The molecule has 2 aromatic heterocycles. The third-order valence-electron chi connectivity index (χ3n) is 2.88. The van der Waals surface area contributed by atoms with Crippen LogP contribution in [0.5, 0.6) is 0 Å². The van der Waals surface area contributed by atoms with E-state index in [1.165, 1.54) is 22.8 Å². The number of nitrogen functional groups attached to an aromatic ring is 1. The average molecular weight is 312 g/mol. The molecular weight excluding hydrogens is 296 g/mol. The van der Waals surface area contributed by atoms with Crippen LogP contribution < -0.4 is 11.3 Å². The van der Waals surface area contributed by atoms with E-state index in [1.807, 2.05) is 17.5 Å². The SMILES string of the molecule is CN(CCc1cccs1)S(=O)(=O)c1cnccc1NN. The highest BCUT2D eigenvalue weighted by atomic mass is 32.2. The zero-order valence-corrected chi connectivity index (χ0v) is 12.6. The van der Waals surface area contributed by atoms with Crippen molar-refractivity contribution in [3.05, 3.63) is 40.8 Å². The maximum absolute atomic E-state index is 12.5. The molecule has 20 heavy (non-hydrogen) atoms. The van der Waals surface area contributed by atoms with Crippen molar-refractivity contribution in [2.45, 2.75) is 11.3 Å². The van der Waals surface area contributed by atoms with Crippen molar-refractivity contribution in [2.24, 2.45) is 5.84 Å². The zero-order chi connectivity index (χ0) is 14.6. The predicted molar refractivity (Wildman–Crippen MR) is 79.9 cm³/mol. The molecule has 0 aliphatic heterocycles. The summed E-state index contributed by atoms with van der Waals surface area (Å²) in [5.41, 5.74) is 2.72. The Kier molecular flexibility index (Phi) is 4.71. The van der Waals surface area contributed by atoms with Gasteiger partial charge in [-0.05, 0) is 23.9 Å². The Labute approximate surface area is 122 Å². The maximum Gasteiger partial charge on any atom is 0.246 e. The molecular formula is C12H16N4O2S2. The van der Waals surface area contributed by atoms with E-state index in [1.54, 1.807) is 18.4 Å². The van der Waals surface area contributed by atoms with Gasteiger partial charge < -0.3 is 5.43 Å². The Morgan fingerprint density at radius 3 is 2.90 bits per heavy atom. The van der Waals surface area contributed by atoms with E-state index in [2.05, 4.69) is 10.4 Å². The van der Waals surface area contributed by atoms with Crippen molar-refractivity contribution in [3.8, 4) is 0 Å². The largest absolute Gasteiger partial charge is 0.323 e. The first-order chi connectivity index (χ1) is 9.55. The first-order valence-corrected chi connectivity index (χ1v) is 8.27. The maximum atomic E-state index is 12.5. The number of pyridine rings is 1. The van der Waals surface area contributed by atoms with Gasteiger partial charge in [0.25, 0.3) is 0 Å². The minimum atomic E-state index is -3.60. The number of nitrogens with two attached hydrogens (primary N) is 1. The van der Waals surface area contributed by atoms with E-state index >= 15 is 0 Å². The van der Waals surface area contributed by atoms with Crippen LogP contribution in [0.2, 0.25) is 0 Å². The lowest BCUT2D eigenvalue weighted by Gasteiger charge is -2.18. The summed E-state index contributed by atoms with van der Waals surface area (Å²) < 4.78 is 26.2. The number of rotatable bonds is 6. The zero-order valence-electron chi connectivity index (χ0n) is 11.0. The molecule has 0 aliphatic carbocycles.